The van der Waals surface area contributed by atoms with Crippen molar-refractivity contribution in [1.82, 2.24) is 4.90 Å². The third-order valence-corrected chi connectivity index (χ3v) is 4.69. The lowest BCUT2D eigenvalue weighted by Gasteiger charge is -2.32. The Balaban J connectivity index is 1.88. The van der Waals surface area contributed by atoms with Crippen LogP contribution in [0.4, 0.5) is 0 Å². The predicted octanol–water partition coefficient (Wildman–Crippen LogP) is 3.53. The standard InChI is InChI=1S/C15H21Cl2NO2/c1-20-11-4-3-8-18(10-11)9-7-14(19)12-5-2-6-13(16)15(12)17/h2,5-6,11,14,19H,3-4,7-10H2,1H3. The first-order valence-corrected chi connectivity index (χ1v) is 7.74. The second-order valence-corrected chi connectivity index (χ2v) is 6.03. The second kappa shape index (κ2) is 7.62. The van der Waals surface area contributed by atoms with Crippen LogP contribution in [0.25, 0.3) is 0 Å². The van der Waals surface area contributed by atoms with Crippen molar-refractivity contribution in [2.45, 2.75) is 31.5 Å². The first kappa shape index (κ1) is 16.1. The van der Waals surface area contributed by atoms with Crippen LogP contribution in [0.5, 0.6) is 0 Å². The average Bonchev–Trinajstić information content (AvgIpc) is 2.48. The molecule has 0 radical (unpaired) electrons. The molecule has 0 bridgehead atoms. The number of piperidine rings is 1. The van der Waals surface area contributed by atoms with Gasteiger partial charge in [0.15, 0.2) is 0 Å². The average molecular weight is 318 g/mol. The van der Waals surface area contributed by atoms with Gasteiger partial charge in [0.2, 0.25) is 0 Å². The largest absolute Gasteiger partial charge is 0.388 e. The molecular weight excluding hydrogens is 297 g/mol. The van der Waals surface area contributed by atoms with Crippen molar-refractivity contribution in [2.24, 2.45) is 0 Å². The van der Waals surface area contributed by atoms with Gasteiger partial charge in [-0.2, -0.15) is 0 Å². The van der Waals surface area contributed by atoms with Crippen molar-refractivity contribution in [2.75, 3.05) is 26.7 Å². The Kier molecular flexibility index (Phi) is 6.12. The van der Waals surface area contributed by atoms with Crippen molar-refractivity contribution in [3.8, 4) is 0 Å². The number of benzene rings is 1. The molecule has 1 aromatic carbocycles. The van der Waals surface area contributed by atoms with Crippen LogP contribution in [0, 0.1) is 0 Å². The smallest absolute Gasteiger partial charge is 0.0817 e. The van der Waals surface area contributed by atoms with E-state index >= 15 is 0 Å². The zero-order chi connectivity index (χ0) is 14.5. The number of likely N-dealkylation sites (tertiary alicyclic amines) is 1. The summed E-state index contributed by atoms with van der Waals surface area (Å²) < 4.78 is 5.40. The monoisotopic (exact) mass is 317 g/mol. The van der Waals surface area contributed by atoms with E-state index < -0.39 is 6.10 Å². The summed E-state index contributed by atoms with van der Waals surface area (Å²) in [5.41, 5.74) is 0.708. The Morgan fingerprint density at radius 3 is 3.00 bits per heavy atom. The summed E-state index contributed by atoms with van der Waals surface area (Å²) in [7, 11) is 1.76. The molecule has 0 spiro atoms. The van der Waals surface area contributed by atoms with E-state index in [2.05, 4.69) is 4.90 Å². The van der Waals surface area contributed by atoms with Gasteiger partial charge in [-0.05, 0) is 31.9 Å². The summed E-state index contributed by atoms with van der Waals surface area (Å²) in [5.74, 6) is 0. The normalized spacial score (nSPS) is 21.9. The summed E-state index contributed by atoms with van der Waals surface area (Å²) in [4.78, 5) is 2.33. The summed E-state index contributed by atoms with van der Waals surface area (Å²) in [6.07, 6.45) is 2.65. The summed E-state index contributed by atoms with van der Waals surface area (Å²) >= 11 is 12.1. The Hall–Kier alpha value is -0.320. The van der Waals surface area contributed by atoms with Crippen LogP contribution in [0.2, 0.25) is 10.0 Å². The molecule has 20 heavy (non-hydrogen) atoms. The fraction of sp³-hybridized carbons (Fsp3) is 0.600. The zero-order valence-corrected chi connectivity index (χ0v) is 13.2. The molecule has 2 rings (SSSR count). The maximum atomic E-state index is 10.3. The molecule has 5 heteroatoms. The predicted molar refractivity (Wildman–Crippen MR) is 82.5 cm³/mol. The fourth-order valence-corrected chi connectivity index (χ4v) is 3.08. The molecule has 0 amide bonds. The van der Waals surface area contributed by atoms with Crippen LogP contribution >= 0.6 is 23.2 Å². The van der Waals surface area contributed by atoms with E-state index in [1.54, 1.807) is 13.2 Å². The molecule has 0 saturated carbocycles. The van der Waals surface area contributed by atoms with Gasteiger partial charge in [0.1, 0.15) is 0 Å². The maximum Gasteiger partial charge on any atom is 0.0817 e. The molecule has 0 aliphatic carbocycles. The number of nitrogens with zero attached hydrogens (tertiary/aromatic N) is 1. The highest BCUT2D eigenvalue weighted by Crippen LogP contribution is 2.31. The Morgan fingerprint density at radius 1 is 1.45 bits per heavy atom. The van der Waals surface area contributed by atoms with E-state index in [0.717, 1.165) is 32.5 Å². The molecule has 112 valence electrons. The van der Waals surface area contributed by atoms with Gasteiger partial charge in [-0.15, -0.1) is 0 Å². The first-order valence-electron chi connectivity index (χ1n) is 6.99. The molecule has 1 saturated heterocycles. The van der Waals surface area contributed by atoms with Crippen molar-refractivity contribution in [3.63, 3.8) is 0 Å². The molecule has 2 unspecified atom stereocenters. The minimum atomic E-state index is -0.580. The van der Waals surface area contributed by atoms with E-state index in [0.29, 0.717) is 28.1 Å². The lowest BCUT2D eigenvalue weighted by Crippen LogP contribution is -2.40. The summed E-state index contributed by atoms with van der Waals surface area (Å²) in [6.45, 7) is 2.84. The van der Waals surface area contributed by atoms with Crippen LogP contribution in [0.1, 0.15) is 30.9 Å². The van der Waals surface area contributed by atoms with Gasteiger partial charge in [-0.1, -0.05) is 35.3 Å². The van der Waals surface area contributed by atoms with Gasteiger partial charge in [-0.25, -0.2) is 0 Å². The highest BCUT2D eigenvalue weighted by Gasteiger charge is 2.21. The Morgan fingerprint density at radius 2 is 2.25 bits per heavy atom. The number of hydrogen-bond donors (Lipinski definition) is 1. The number of hydrogen-bond acceptors (Lipinski definition) is 3. The highest BCUT2D eigenvalue weighted by molar-refractivity contribution is 6.42. The maximum absolute atomic E-state index is 10.3. The molecule has 2 atom stereocenters. The molecule has 1 fully saturated rings. The number of methoxy groups -OCH3 is 1. The minimum absolute atomic E-state index is 0.315. The van der Waals surface area contributed by atoms with Gasteiger partial charge < -0.3 is 14.7 Å². The quantitative estimate of drug-likeness (QED) is 0.901. The summed E-state index contributed by atoms with van der Waals surface area (Å²) in [5, 5.41) is 11.2. The van der Waals surface area contributed by atoms with E-state index in [1.807, 2.05) is 12.1 Å². The van der Waals surface area contributed by atoms with Crippen LogP contribution in [-0.4, -0.2) is 42.9 Å². The highest BCUT2D eigenvalue weighted by atomic mass is 35.5. The van der Waals surface area contributed by atoms with Gasteiger partial charge in [-0.3, -0.25) is 0 Å². The van der Waals surface area contributed by atoms with E-state index in [-0.39, 0.29) is 0 Å². The molecule has 0 aromatic heterocycles. The molecule has 1 heterocycles. The molecule has 1 N–H and O–H groups in total. The lowest BCUT2D eigenvalue weighted by atomic mass is 10.0. The van der Waals surface area contributed by atoms with Crippen molar-refractivity contribution in [1.29, 1.82) is 0 Å². The van der Waals surface area contributed by atoms with Crippen LogP contribution in [0.15, 0.2) is 18.2 Å². The van der Waals surface area contributed by atoms with Gasteiger partial charge in [0.05, 0.1) is 22.3 Å². The molecular formula is C15H21Cl2NO2. The van der Waals surface area contributed by atoms with E-state index in [4.69, 9.17) is 27.9 Å². The van der Waals surface area contributed by atoms with Crippen molar-refractivity contribution in [3.05, 3.63) is 33.8 Å². The molecule has 1 aliphatic heterocycles. The van der Waals surface area contributed by atoms with Crippen LogP contribution in [0.3, 0.4) is 0 Å². The fourth-order valence-electron chi connectivity index (χ4n) is 2.65. The lowest BCUT2D eigenvalue weighted by molar-refractivity contribution is 0.0255. The van der Waals surface area contributed by atoms with Crippen molar-refractivity contribution < 1.29 is 9.84 Å². The Bertz CT molecular complexity index is 442. The number of rotatable bonds is 5. The van der Waals surface area contributed by atoms with Gasteiger partial charge in [0, 0.05) is 25.8 Å². The summed E-state index contributed by atoms with van der Waals surface area (Å²) in [6, 6.07) is 5.37. The van der Waals surface area contributed by atoms with Gasteiger partial charge >= 0.3 is 0 Å². The van der Waals surface area contributed by atoms with Crippen LogP contribution in [-0.2, 0) is 4.74 Å². The number of aliphatic hydroxyl groups is 1. The van der Waals surface area contributed by atoms with E-state index in [9.17, 15) is 5.11 Å². The minimum Gasteiger partial charge on any atom is -0.388 e. The van der Waals surface area contributed by atoms with Crippen molar-refractivity contribution >= 4 is 23.2 Å². The van der Waals surface area contributed by atoms with Gasteiger partial charge in [0.25, 0.3) is 0 Å². The zero-order valence-electron chi connectivity index (χ0n) is 11.7. The second-order valence-electron chi connectivity index (χ2n) is 5.25. The third kappa shape index (κ3) is 4.09. The van der Waals surface area contributed by atoms with Crippen LogP contribution < -0.4 is 0 Å². The number of halogens is 2. The molecule has 1 aromatic rings. The molecule has 3 nitrogen and oxygen atoms in total. The SMILES string of the molecule is COC1CCCN(CCC(O)c2cccc(Cl)c2Cl)C1. The molecule has 1 aliphatic rings. The van der Waals surface area contributed by atoms with E-state index in [1.165, 1.54) is 0 Å². The number of ether oxygens (including phenoxy) is 1. The first-order chi connectivity index (χ1) is 9.61. The third-order valence-electron chi connectivity index (χ3n) is 3.85. The Labute approximate surface area is 130 Å². The topological polar surface area (TPSA) is 32.7 Å². The number of aliphatic hydroxyl groups excluding tert-OH is 1.